The van der Waals surface area contributed by atoms with E-state index in [4.69, 9.17) is 14.2 Å². The quantitative estimate of drug-likeness (QED) is 0.133. The van der Waals surface area contributed by atoms with Gasteiger partial charge >= 0.3 is 17.9 Å². The molecule has 2 heterocycles. The van der Waals surface area contributed by atoms with Crippen LogP contribution in [0.25, 0.3) is 0 Å². The Morgan fingerprint density at radius 3 is 2.20 bits per heavy atom. The molecule has 2 aliphatic rings. The maximum Gasteiger partial charge on any atom is 0.344 e. The molecule has 0 aromatic heterocycles. The average molecular weight is 639 g/mol. The smallest absolute Gasteiger partial charge is 0.344 e. The van der Waals surface area contributed by atoms with Crippen LogP contribution in [0.4, 0.5) is 0 Å². The molecule has 2 saturated heterocycles. The molecule has 0 saturated carbocycles. The number of aliphatic carboxylic acids is 2. The summed E-state index contributed by atoms with van der Waals surface area (Å²) in [5, 5.41) is 63.9. The van der Waals surface area contributed by atoms with Gasteiger partial charge in [-0.2, -0.15) is 0 Å². The van der Waals surface area contributed by atoms with Crippen molar-refractivity contribution < 1.29 is 64.0 Å². The predicted molar refractivity (Wildman–Crippen MR) is 157 cm³/mol. The van der Waals surface area contributed by atoms with Crippen LogP contribution in [0.3, 0.4) is 0 Å². The lowest BCUT2D eigenvalue weighted by Crippen LogP contribution is -2.77. The highest BCUT2D eigenvalue weighted by atomic mass is 16.8. The molecule has 1 aromatic rings. The van der Waals surface area contributed by atoms with Gasteiger partial charge < -0.3 is 44.8 Å². The van der Waals surface area contributed by atoms with Crippen molar-refractivity contribution in [2.45, 2.75) is 114 Å². The first-order valence-electron chi connectivity index (χ1n) is 15.4. The van der Waals surface area contributed by atoms with E-state index in [9.17, 15) is 49.8 Å². The summed E-state index contributed by atoms with van der Waals surface area (Å²) in [6.07, 6.45) is -7.05. The van der Waals surface area contributed by atoms with E-state index in [-0.39, 0.29) is 12.3 Å². The van der Waals surface area contributed by atoms with Gasteiger partial charge in [0.15, 0.2) is 11.9 Å². The molecule has 2 fully saturated rings. The van der Waals surface area contributed by atoms with Crippen LogP contribution < -0.4 is 0 Å². The molecule has 3 rings (SSSR count). The SMILES string of the molecule is CC[C@H](C)C[C@H](C)CCC(=O)O[C@@H]1[C@@H](O)[C@@]2(CCC(=O)[C@@H](O)[C@H](C)Cc3ccccc3)O[C@H](CO)[C@@](O)(C(=O)O)[C@]1(C(=O)O)O2. The third-order valence-corrected chi connectivity index (χ3v) is 9.25. The fourth-order valence-electron chi connectivity index (χ4n) is 6.39. The summed E-state index contributed by atoms with van der Waals surface area (Å²) < 4.78 is 16.6. The number of ketones is 1. The third-order valence-electron chi connectivity index (χ3n) is 9.25. The lowest BCUT2D eigenvalue weighted by Gasteiger charge is -2.49. The number of hydrogen-bond acceptors (Lipinski definition) is 11. The summed E-state index contributed by atoms with van der Waals surface area (Å²) in [4.78, 5) is 51.3. The van der Waals surface area contributed by atoms with E-state index in [1.807, 2.05) is 44.2 Å². The number of aliphatic hydroxyl groups excluding tert-OH is 3. The number of aliphatic hydroxyl groups is 4. The number of benzene rings is 1. The van der Waals surface area contributed by atoms with E-state index in [2.05, 4.69) is 6.92 Å². The van der Waals surface area contributed by atoms with Crippen LogP contribution in [-0.2, 0) is 39.8 Å². The number of esters is 1. The van der Waals surface area contributed by atoms with E-state index >= 15 is 0 Å². The molecule has 0 aliphatic carbocycles. The minimum Gasteiger partial charge on any atom is -0.479 e. The molecule has 0 spiro atoms. The van der Waals surface area contributed by atoms with Crippen LogP contribution in [0, 0.1) is 17.8 Å². The minimum absolute atomic E-state index is 0.0935. The summed E-state index contributed by atoms with van der Waals surface area (Å²) in [6, 6.07) is 9.13. The standard InChI is InChI=1S/C32H46O13/c1-5-18(2)15-19(3)11-12-24(35)43-27-26(37)30(14-13-22(34)25(36)20(4)16-21-9-7-6-8-10-21)44-23(17-33)31(42,28(38)39)32(27,45-30)29(40)41/h6-10,18-20,23,25-27,33,36-37,42H,5,11-17H2,1-4H3,(H,38,39)(H,40,41)/t18-,19+,20+,23+,25-,26+,27+,30-,31+,32-/m0/s1. The van der Waals surface area contributed by atoms with Crippen molar-refractivity contribution in [1.82, 2.24) is 0 Å². The molecule has 0 amide bonds. The Morgan fingerprint density at radius 1 is 1.00 bits per heavy atom. The first-order chi connectivity index (χ1) is 21.1. The Bertz CT molecular complexity index is 1210. The monoisotopic (exact) mass is 638 g/mol. The molecule has 45 heavy (non-hydrogen) atoms. The zero-order valence-corrected chi connectivity index (χ0v) is 26.1. The highest BCUT2D eigenvalue weighted by Gasteiger charge is 2.84. The number of Topliss-reactive ketones (excluding diaryl/α,β-unsaturated/α-hetero) is 1. The summed E-state index contributed by atoms with van der Waals surface area (Å²) >= 11 is 0. The van der Waals surface area contributed by atoms with E-state index < -0.39 is 90.5 Å². The number of fused-ring (bicyclic) bond motifs is 2. The lowest BCUT2D eigenvalue weighted by molar-refractivity contribution is -0.382. The number of carboxylic acid groups (broad SMARTS) is 2. The topological polar surface area (TPSA) is 217 Å². The number of rotatable bonds is 17. The minimum atomic E-state index is -3.53. The van der Waals surface area contributed by atoms with Gasteiger partial charge in [0, 0.05) is 19.3 Å². The van der Waals surface area contributed by atoms with Crippen molar-refractivity contribution >= 4 is 23.7 Å². The second kappa shape index (κ2) is 14.7. The molecule has 13 heteroatoms. The summed E-state index contributed by atoms with van der Waals surface area (Å²) in [6.45, 7) is 6.47. The highest BCUT2D eigenvalue weighted by Crippen LogP contribution is 2.55. The van der Waals surface area contributed by atoms with Crippen LogP contribution >= 0.6 is 0 Å². The maximum absolute atomic E-state index is 13.1. The molecule has 0 radical (unpaired) electrons. The molecule has 1 aromatic carbocycles. The maximum atomic E-state index is 13.1. The lowest BCUT2D eigenvalue weighted by atomic mass is 9.74. The molecule has 10 atom stereocenters. The van der Waals surface area contributed by atoms with Gasteiger partial charge in [0.05, 0.1) is 6.61 Å². The van der Waals surface area contributed by atoms with Gasteiger partial charge in [-0.05, 0) is 42.6 Å². The Labute approximate surface area is 262 Å². The fraction of sp³-hybridized carbons (Fsp3) is 0.688. The van der Waals surface area contributed by atoms with Crippen LogP contribution in [-0.4, -0.2) is 102 Å². The number of hydrogen-bond donors (Lipinski definition) is 6. The molecule has 0 unspecified atom stereocenters. The largest absolute Gasteiger partial charge is 0.479 e. The first kappa shape index (κ1) is 36.5. The summed E-state index contributed by atoms with van der Waals surface area (Å²) in [7, 11) is 0. The summed E-state index contributed by atoms with van der Waals surface area (Å²) in [5.74, 6) is -8.49. The number of carbonyl (C=O) groups is 4. The first-order valence-corrected chi connectivity index (χ1v) is 15.4. The zero-order chi connectivity index (χ0) is 33.7. The van der Waals surface area contributed by atoms with E-state index in [1.54, 1.807) is 6.92 Å². The Morgan fingerprint density at radius 2 is 1.64 bits per heavy atom. The Hall–Kier alpha value is -2.94. The molecule has 13 nitrogen and oxygen atoms in total. The predicted octanol–water partition coefficient (Wildman–Crippen LogP) is 1.46. The van der Waals surface area contributed by atoms with Crippen molar-refractivity contribution in [1.29, 1.82) is 0 Å². The van der Waals surface area contributed by atoms with Crippen LogP contribution in [0.1, 0.15) is 71.8 Å². The van der Waals surface area contributed by atoms with Crippen LogP contribution in [0.2, 0.25) is 0 Å². The summed E-state index contributed by atoms with van der Waals surface area (Å²) in [5.41, 5.74) is -5.98. The third kappa shape index (κ3) is 7.08. The Balaban J connectivity index is 1.88. The van der Waals surface area contributed by atoms with Crippen molar-refractivity contribution in [3.63, 3.8) is 0 Å². The van der Waals surface area contributed by atoms with E-state index in [1.165, 1.54) is 0 Å². The van der Waals surface area contributed by atoms with Gasteiger partial charge in [0.2, 0.25) is 17.0 Å². The number of carboxylic acids is 2. The van der Waals surface area contributed by atoms with Crippen LogP contribution in [0.15, 0.2) is 30.3 Å². The molecule has 2 aliphatic heterocycles. The second-order valence-electron chi connectivity index (χ2n) is 12.6. The molecular weight excluding hydrogens is 592 g/mol. The number of carbonyl (C=O) groups excluding carboxylic acids is 2. The van der Waals surface area contributed by atoms with Gasteiger partial charge in [0.1, 0.15) is 18.3 Å². The Kier molecular flexibility index (Phi) is 11.9. The fourth-order valence-corrected chi connectivity index (χ4v) is 6.39. The van der Waals surface area contributed by atoms with E-state index in [0.29, 0.717) is 18.8 Å². The molecule has 6 N–H and O–H groups in total. The normalized spacial score (nSPS) is 31.9. The van der Waals surface area contributed by atoms with Gasteiger partial charge in [-0.15, -0.1) is 0 Å². The molecule has 252 valence electrons. The zero-order valence-electron chi connectivity index (χ0n) is 26.1. The van der Waals surface area contributed by atoms with Gasteiger partial charge in [-0.1, -0.05) is 64.4 Å². The van der Waals surface area contributed by atoms with Gasteiger partial charge in [-0.25, -0.2) is 9.59 Å². The van der Waals surface area contributed by atoms with Crippen molar-refractivity contribution in [2.75, 3.05) is 6.61 Å². The highest BCUT2D eigenvalue weighted by molar-refractivity contribution is 5.94. The molecule has 2 bridgehead atoms. The van der Waals surface area contributed by atoms with E-state index in [0.717, 1.165) is 18.4 Å². The van der Waals surface area contributed by atoms with Gasteiger partial charge in [-0.3, -0.25) is 9.59 Å². The van der Waals surface area contributed by atoms with Crippen molar-refractivity contribution in [3.8, 4) is 0 Å². The molecular formula is C32H46O13. The number of ether oxygens (including phenoxy) is 3. The van der Waals surface area contributed by atoms with Crippen LogP contribution in [0.5, 0.6) is 0 Å². The van der Waals surface area contributed by atoms with Crippen molar-refractivity contribution in [2.24, 2.45) is 17.8 Å². The average Bonchev–Trinajstić information content (AvgIpc) is 3.22. The van der Waals surface area contributed by atoms with Crippen molar-refractivity contribution in [3.05, 3.63) is 35.9 Å². The van der Waals surface area contributed by atoms with Gasteiger partial charge in [0.25, 0.3) is 0 Å². The second-order valence-corrected chi connectivity index (χ2v) is 12.6.